The molecule has 1 fully saturated rings. The van der Waals surface area contributed by atoms with Gasteiger partial charge in [0.2, 0.25) is 17.7 Å². The summed E-state index contributed by atoms with van der Waals surface area (Å²) in [6.07, 6.45) is 0. The van der Waals surface area contributed by atoms with Crippen LogP contribution in [0.3, 0.4) is 0 Å². The fourth-order valence-electron chi connectivity index (χ4n) is 1.29. The van der Waals surface area contributed by atoms with Crippen molar-refractivity contribution in [3.8, 4) is 0 Å². The zero-order valence-electron chi connectivity index (χ0n) is 9.32. The third-order valence-electron chi connectivity index (χ3n) is 2.12. The lowest BCUT2D eigenvalue weighted by Crippen LogP contribution is -2.58. The van der Waals surface area contributed by atoms with Gasteiger partial charge in [0.1, 0.15) is 12.6 Å². The zero-order chi connectivity index (χ0) is 12.7. The highest BCUT2D eigenvalue weighted by molar-refractivity contribution is 5.86. The molecule has 0 aliphatic carbocycles. The number of carbonyl (C=O) groups excluding carboxylic acids is 3. The van der Waals surface area contributed by atoms with E-state index in [2.05, 4.69) is 16.0 Å². The lowest BCUT2D eigenvalue weighted by molar-refractivity contribution is -0.126. The maximum Gasteiger partial charge on any atom is 0.243 e. The van der Waals surface area contributed by atoms with Gasteiger partial charge in [0.25, 0.3) is 0 Å². The molecule has 3 amide bonds. The molecule has 1 aliphatic rings. The predicted octanol–water partition coefficient (Wildman–Crippen LogP) is -3.31. The highest BCUT2D eigenvalue weighted by Crippen LogP contribution is 1.88. The average Bonchev–Trinajstić information content (AvgIpc) is 2.29. The first kappa shape index (κ1) is 13.4. The molecule has 8 heteroatoms. The molecule has 1 unspecified atom stereocenters. The highest BCUT2D eigenvalue weighted by Gasteiger charge is 2.22. The third kappa shape index (κ3) is 5.27. The van der Waals surface area contributed by atoms with Crippen LogP contribution in [0.2, 0.25) is 0 Å². The van der Waals surface area contributed by atoms with Crippen LogP contribution in [-0.2, 0) is 19.1 Å². The van der Waals surface area contributed by atoms with E-state index < -0.39 is 11.9 Å². The first-order chi connectivity index (χ1) is 8.09. The first-order valence-corrected chi connectivity index (χ1v) is 5.23. The van der Waals surface area contributed by atoms with Crippen molar-refractivity contribution < 1.29 is 19.1 Å². The van der Waals surface area contributed by atoms with E-state index in [4.69, 9.17) is 10.5 Å². The molecule has 1 heterocycles. The van der Waals surface area contributed by atoms with E-state index in [1.807, 2.05) is 0 Å². The molecule has 1 aliphatic heterocycles. The van der Waals surface area contributed by atoms with Crippen LogP contribution in [-0.4, -0.2) is 56.6 Å². The van der Waals surface area contributed by atoms with Gasteiger partial charge < -0.3 is 21.1 Å². The SMILES string of the molecule is NC(=O)COCCNC(=O)C1CNC(=O)CN1. The predicted molar refractivity (Wildman–Crippen MR) is 57.8 cm³/mol. The van der Waals surface area contributed by atoms with Crippen LogP contribution in [0.4, 0.5) is 0 Å². The highest BCUT2D eigenvalue weighted by atomic mass is 16.5. The van der Waals surface area contributed by atoms with E-state index in [1.54, 1.807) is 0 Å². The number of ether oxygens (including phenoxy) is 1. The standard InChI is InChI=1S/C9H16N4O4/c10-7(14)5-17-2-1-11-9(16)6-3-13-8(15)4-12-6/h6,12H,1-5H2,(H2,10,14)(H,11,16)(H,13,15). The normalized spacial score (nSPS) is 19.5. The molecule has 0 aromatic rings. The number of hydrogen-bond donors (Lipinski definition) is 4. The van der Waals surface area contributed by atoms with E-state index in [9.17, 15) is 14.4 Å². The van der Waals surface area contributed by atoms with Gasteiger partial charge in [-0.3, -0.25) is 19.7 Å². The van der Waals surface area contributed by atoms with Crippen LogP contribution in [0.5, 0.6) is 0 Å². The maximum atomic E-state index is 11.5. The number of hydrogen-bond acceptors (Lipinski definition) is 5. The van der Waals surface area contributed by atoms with Crippen molar-refractivity contribution in [2.24, 2.45) is 5.73 Å². The minimum atomic E-state index is -0.548. The van der Waals surface area contributed by atoms with Gasteiger partial charge in [0.05, 0.1) is 13.2 Å². The Morgan fingerprint density at radius 1 is 1.53 bits per heavy atom. The summed E-state index contributed by atoms with van der Waals surface area (Å²) in [6, 6.07) is -0.427. The quantitative estimate of drug-likeness (QED) is 0.364. The van der Waals surface area contributed by atoms with Crippen LogP contribution in [0, 0.1) is 0 Å². The summed E-state index contributed by atoms with van der Waals surface area (Å²) in [5.41, 5.74) is 4.86. The number of carbonyl (C=O) groups is 3. The number of piperazine rings is 1. The Balaban J connectivity index is 2.08. The van der Waals surface area contributed by atoms with Crippen LogP contribution < -0.4 is 21.7 Å². The molecule has 1 saturated heterocycles. The maximum absolute atomic E-state index is 11.5. The largest absolute Gasteiger partial charge is 0.370 e. The van der Waals surface area contributed by atoms with Gasteiger partial charge >= 0.3 is 0 Å². The molecular formula is C9H16N4O4. The molecule has 17 heavy (non-hydrogen) atoms. The average molecular weight is 244 g/mol. The van der Waals surface area contributed by atoms with Gasteiger partial charge in [-0.2, -0.15) is 0 Å². The van der Waals surface area contributed by atoms with Gasteiger partial charge in [-0.25, -0.2) is 0 Å². The second-order valence-corrected chi connectivity index (χ2v) is 3.55. The van der Waals surface area contributed by atoms with Crippen molar-refractivity contribution in [1.82, 2.24) is 16.0 Å². The molecule has 0 radical (unpaired) electrons. The summed E-state index contributed by atoms with van der Waals surface area (Å²) in [4.78, 5) is 32.7. The Bertz CT molecular complexity index is 297. The number of nitrogens with one attached hydrogen (secondary N) is 3. The molecule has 0 saturated carbocycles. The van der Waals surface area contributed by atoms with Crippen molar-refractivity contribution in [1.29, 1.82) is 0 Å². The number of amides is 3. The van der Waals surface area contributed by atoms with Crippen LogP contribution in [0.25, 0.3) is 0 Å². The lowest BCUT2D eigenvalue weighted by Gasteiger charge is -2.23. The Hall–Kier alpha value is -1.67. The summed E-state index contributed by atoms with van der Waals surface area (Å²) in [5, 5.41) is 7.97. The van der Waals surface area contributed by atoms with Gasteiger partial charge in [0.15, 0.2) is 0 Å². The van der Waals surface area contributed by atoms with Crippen LogP contribution >= 0.6 is 0 Å². The van der Waals surface area contributed by atoms with Crippen molar-refractivity contribution in [2.75, 3.05) is 32.8 Å². The lowest BCUT2D eigenvalue weighted by atomic mass is 10.2. The Labute approximate surface area is 98.2 Å². The molecule has 0 aromatic heterocycles. The minimum absolute atomic E-state index is 0.126. The topological polar surface area (TPSA) is 123 Å². The fourth-order valence-corrected chi connectivity index (χ4v) is 1.29. The zero-order valence-corrected chi connectivity index (χ0v) is 9.32. The summed E-state index contributed by atoms with van der Waals surface area (Å²) in [5.74, 6) is -0.889. The second kappa shape index (κ2) is 6.81. The molecule has 0 bridgehead atoms. The summed E-state index contributed by atoms with van der Waals surface area (Å²) < 4.78 is 4.87. The van der Waals surface area contributed by atoms with E-state index >= 15 is 0 Å². The van der Waals surface area contributed by atoms with E-state index in [0.717, 1.165) is 0 Å². The Morgan fingerprint density at radius 3 is 2.88 bits per heavy atom. The molecule has 5 N–H and O–H groups in total. The molecule has 0 spiro atoms. The van der Waals surface area contributed by atoms with E-state index in [1.165, 1.54) is 0 Å². The van der Waals surface area contributed by atoms with Crippen molar-refractivity contribution in [3.05, 3.63) is 0 Å². The Morgan fingerprint density at radius 2 is 2.29 bits per heavy atom. The molecular weight excluding hydrogens is 228 g/mol. The van der Waals surface area contributed by atoms with Crippen LogP contribution in [0.1, 0.15) is 0 Å². The first-order valence-electron chi connectivity index (χ1n) is 5.23. The van der Waals surface area contributed by atoms with Crippen LogP contribution in [0.15, 0.2) is 0 Å². The van der Waals surface area contributed by atoms with E-state index in [-0.39, 0.29) is 44.7 Å². The second-order valence-electron chi connectivity index (χ2n) is 3.55. The number of primary amides is 1. The van der Waals surface area contributed by atoms with Gasteiger partial charge in [-0.15, -0.1) is 0 Å². The summed E-state index contributed by atoms with van der Waals surface area (Å²) in [7, 11) is 0. The minimum Gasteiger partial charge on any atom is -0.370 e. The van der Waals surface area contributed by atoms with Crippen molar-refractivity contribution in [3.63, 3.8) is 0 Å². The van der Waals surface area contributed by atoms with E-state index in [0.29, 0.717) is 0 Å². The van der Waals surface area contributed by atoms with Gasteiger partial charge in [-0.05, 0) is 0 Å². The van der Waals surface area contributed by atoms with Crippen molar-refractivity contribution in [2.45, 2.75) is 6.04 Å². The van der Waals surface area contributed by atoms with Gasteiger partial charge in [0, 0.05) is 13.1 Å². The molecule has 96 valence electrons. The number of nitrogens with two attached hydrogens (primary N) is 1. The number of rotatable bonds is 6. The summed E-state index contributed by atoms with van der Waals surface area (Å²) >= 11 is 0. The Kier molecular flexibility index (Phi) is 5.37. The monoisotopic (exact) mass is 244 g/mol. The smallest absolute Gasteiger partial charge is 0.243 e. The van der Waals surface area contributed by atoms with Crippen molar-refractivity contribution >= 4 is 17.7 Å². The molecule has 1 rings (SSSR count). The molecule has 8 nitrogen and oxygen atoms in total. The third-order valence-corrected chi connectivity index (χ3v) is 2.12. The molecule has 0 aromatic carbocycles. The van der Waals surface area contributed by atoms with Gasteiger partial charge in [-0.1, -0.05) is 0 Å². The summed E-state index contributed by atoms with van der Waals surface area (Å²) in [6.45, 7) is 0.753. The molecule has 1 atom stereocenters. The fraction of sp³-hybridized carbons (Fsp3) is 0.667.